The molecule has 0 spiro atoms. The smallest absolute Gasteiger partial charge is 0.0762 e. The molecule has 0 amide bonds. The van der Waals surface area contributed by atoms with Gasteiger partial charge in [0, 0.05) is 23.6 Å². The molecule has 0 bridgehead atoms. The number of aliphatic hydroxyl groups is 1. The largest absolute Gasteiger partial charge is 0.389 e. The molecule has 1 aromatic rings. The second-order valence-electron chi connectivity index (χ2n) is 5.80. The number of hydrogen-bond donors (Lipinski definition) is 1. The number of hydrogen-bond acceptors (Lipinski definition) is 3. The summed E-state index contributed by atoms with van der Waals surface area (Å²) in [5, 5.41) is 9.62. The SMILES string of the molecule is CC(O)c1ccc(N2CC(C)C(N(C)C)C2)c(Br)c1. The molecular weight excluding hydrogens is 304 g/mol. The van der Waals surface area contributed by atoms with Gasteiger partial charge >= 0.3 is 0 Å². The van der Waals surface area contributed by atoms with Crippen molar-refractivity contribution >= 4 is 21.6 Å². The van der Waals surface area contributed by atoms with Crippen molar-refractivity contribution in [3.8, 4) is 0 Å². The molecule has 0 aromatic heterocycles. The minimum Gasteiger partial charge on any atom is -0.389 e. The summed E-state index contributed by atoms with van der Waals surface area (Å²) in [6.45, 7) is 6.24. The summed E-state index contributed by atoms with van der Waals surface area (Å²) in [5.41, 5.74) is 2.17. The number of halogens is 1. The first-order valence-corrected chi connectivity index (χ1v) is 7.58. The zero-order chi connectivity index (χ0) is 14.2. The first-order chi connectivity index (χ1) is 8.90. The van der Waals surface area contributed by atoms with Crippen molar-refractivity contribution in [2.45, 2.75) is 26.0 Å². The van der Waals surface area contributed by atoms with Crippen LogP contribution in [-0.2, 0) is 0 Å². The van der Waals surface area contributed by atoms with E-state index < -0.39 is 6.10 Å². The normalized spacial score (nSPS) is 25.1. The van der Waals surface area contributed by atoms with E-state index in [9.17, 15) is 5.11 Å². The summed E-state index contributed by atoms with van der Waals surface area (Å²) in [6.07, 6.45) is -0.419. The highest BCUT2D eigenvalue weighted by atomic mass is 79.9. The number of anilines is 1. The van der Waals surface area contributed by atoms with Crippen LogP contribution in [0.2, 0.25) is 0 Å². The predicted octanol–water partition coefficient (Wildman–Crippen LogP) is 2.89. The van der Waals surface area contributed by atoms with Gasteiger partial charge in [-0.25, -0.2) is 0 Å². The van der Waals surface area contributed by atoms with Gasteiger partial charge in [0.15, 0.2) is 0 Å². The maximum atomic E-state index is 9.62. The maximum absolute atomic E-state index is 9.62. The van der Waals surface area contributed by atoms with Gasteiger partial charge in [0.25, 0.3) is 0 Å². The number of rotatable bonds is 3. The van der Waals surface area contributed by atoms with E-state index in [-0.39, 0.29) is 0 Å². The van der Waals surface area contributed by atoms with Gasteiger partial charge in [-0.05, 0) is 60.6 Å². The fraction of sp³-hybridized carbons (Fsp3) is 0.600. The lowest BCUT2D eigenvalue weighted by molar-refractivity contribution is 0.199. The average Bonchev–Trinajstić information content (AvgIpc) is 2.71. The number of aliphatic hydroxyl groups excluding tert-OH is 1. The Bertz CT molecular complexity index is 448. The molecule has 1 aromatic carbocycles. The van der Waals surface area contributed by atoms with E-state index in [1.165, 1.54) is 5.69 Å². The van der Waals surface area contributed by atoms with E-state index in [2.05, 4.69) is 52.8 Å². The molecule has 0 aliphatic carbocycles. The van der Waals surface area contributed by atoms with E-state index in [4.69, 9.17) is 0 Å². The fourth-order valence-corrected chi connectivity index (χ4v) is 3.51. The molecule has 1 saturated heterocycles. The van der Waals surface area contributed by atoms with Gasteiger partial charge in [-0.3, -0.25) is 0 Å². The lowest BCUT2D eigenvalue weighted by atomic mass is 10.1. The van der Waals surface area contributed by atoms with E-state index in [0.717, 1.165) is 23.1 Å². The highest BCUT2D eigenvalue weighted by Gasteiger charge is 2.31. The number of likely N-dealkylation sites (N-methyl/N-ethyl adjacent to an activating group) is 1. The Labute approximate surface area is 124 Å². The van der Waals surface area contributed by atoms with Gasteiger partial charge in [-0.15, -0.1) is 0 Å². The third-order valence-electron chi connectivity index (χ3n) is 4.03. The van der Waals surface area contributed by atoms with E-state index in [1.54, 1.807) is 6.92 Å². The molecule has 3 nitrogen and oxygen atoms in total. The second-order valence-corrected chi connectivity index (χ2v) is 6.65. The molecule has 1 aliphatic rings. The Morgan fingerprint density at radius 3 is 2.53 bits per heavy atom. The summed E-state index contributed by atoms with van der Waals surface area (Å²) < 4.78 is 1.07. The standard InChI is InChI=1S/C15H23BrN2O/c1-10-8-18(9-15(10)17(3)4)14-6-5-12(11(2)19)7-13(14)16/h5-7,10-11,15,19H,8-9H2,1-4H3. The van der Waals surface area contributed by atoms with Gasteiger partial charge in [-0.1, -0.05) is 13.0 Å². The highest BCUT2D eigenvalue weighted by Crippen LogP contribution is 2.33. The molecule has 106 valence electrons. The minimum atomic E-state index is -0.419. The van der Waals surface area contributed by atoms with Gasteiger partial charge in [0.05, 0.1) is 11.8 Å². The van der Waals surface area contributed by atoms with Crippen LogP contribution in [-0.4, -0.2) is 43.2 Å². The van der Waals surface area contributed by atoms with Crippen LogP contribution in [0.5, 0.6) is 0 Å². The van der Waals surface area contributed by atoms with Crippen LogP contribution in [0.1, 0.15) is 25.5 Å². The molecule has 19 heavy (non-hydrogen) atoms. The zero-order valence-corrected chi connectivity index (χ0v) is 13.7. The molecule has 2 rings (SSSR count). The zero-order valence-electron chi connectivity index (χ0n) is 12.1. The Morgan fingerprint density at radius 1 is 1.37 bits per heavy atom. The van der Waals surface area contributed by atoms with Crippen LogP contribution in [0.4, 0.5) is 5.69 Å². The topological polar surface area (TPSA) is 26.7 Å². The van der Waals surface area contributed by atoms with Crippen molar-refractivity contribution < 1.29 is 5.11 Å². The molecule has 1 fully saturated rings. The third kappa shape index (κ3) is 3.12. The van der Waals surface area contributed by atoms with Gasteiger partial charge in [-0.2, -0.15) is 0 Å². The predicted molar refractivity (Wildman–Crippen MR) is 83.6 cm³/mol. The van der Waals surface area contributed by atoms with Gasteiger partial charge < -0.3 is 14.9 Å². The maximum Gasteiger partial charge on any atom is 0.0762 e. The molecule has 3 atom stereocenters. The lowest BCUT2D eigenvalue weighted by Gasteiger charge is -2.23. The molecule has 3 unspecified atom stereocenters. The van der Waals surface area contributed by atoms with Crippen molar-refractivity contribution in [3.63, 3.8) is 0 Å². The van der Waals surface area contributed by atoms with E-state index >= 15 is 0 Å². The summed E-state index contributed by atoms with van der Waals surface area (Å²) in [4.78, 5) is 4.73. The van der Waals surface area contributed by atoms with Crippen molar-refractivity contribution in [2.24, 2.45) is 5.92 Å². The Kier molecular flexibility index (Phi) is 4.54. The lowest BCUT2D eigenvalue weighted by Crippen LogP contribution is -2.34. The van der Waals surface area contributed by atoms with Crippen LogP contribution in [0, 0.1) is 5.92 Å². The molecule has 0 saturated carbocycles. The van der Waals surface area contributed by atoms with E-state index in [1.807, 2.05) is 12.1 Å². The monoisotopic (exact) mass is 326 g/mol. The molecule has 1 aliphatic heterocycles. The molecule has 1 heterocycles. The Hall–Kier alpha value is -0.580. The van der Waals surface area contributed by atoms with Crippen LogP contribution in [0.15, 0.2) is 22.7 Å². The Morgan fingerprint density at radius 2 is 2.05 bits per heavy atom. The molecule has 4 heteroatoms. The molecule has 0 radical (unpaired) electrons. The first-order valence-electron chi connectivity index (χ1n) is 6.79. The summed E-state index contributed by atoms with van der Waals surface area (Å²) in [7, 11) is 4.30. The van der Waals surface area contributed by atoms with Crippen LogP contribution in [0.25, 0.3) is 0 Å². The first kappa shape index (κ1) is 14.8. The highest BCUT2D eigenvalue weighted by molar-refractivity contribution is 9.10. The summed E-state index contributed by atoms with van der Waals surface area (Å²) in [5.74, 6) is 0.665. The van der Waals surface area contributed by atoms with Crippen molar-refractivity contribution in [2.75, 3.05) is 32.1 Å². The van der Waals surface area contributed by atoms with Crippen molar-refractivity contribution in [1.82, 2.24) is 4.90 Å². The average molecular weight is 327 g/mol. The summed E-state index contributed by atoms with van der Waals surface area (Å²) >= 11 is 3.64. The molecular formula is C15H23BrN2O. The van der Waals surface area contributed by atoms with Crippen molar-refractivity contribution in [1.29, 1.82) is 0 Å². The number of nitrogens with zero attached hydrogens (tertiary/aromatic N) is 2. The summed E-state index contributed by atoms with van der Waals surface area (Å²) in [6, 6.07) is 6.74. The number of benzene rings is 1. The minimum absolute atomic E-state index is 0.419. The fourth-order valence-electron chi connectivity index (χ4n) is 2.86. The van der Waals surface area contributed by atoms with Crippen molar-refractivity contribution in [3.05, 3.63) is 28.2 Å². The van der Waals surface area contributed by atoms with Crippen LogP contribution >= 0.6 is 15.9 Å². The van der Waals surface area contributed by atoms with E-state index in [0.29, 0.717) is 12.0 Å². The quantitative estimate of drug-likeness (QED) is 0.925. The second kappa shape index (κ2) is 5.81. The van der Waals surface area contributed by atoms with Gasteiger partial charge in [0.2, 0.25) is 0 Å². The third-order valence-corrected chi connectivity index (χ3v) is 4.67. The van der Waals surface area contributed by atoms with Crippen LogP contribution in [0.3, 0.4) is 0 Å². The van der Waals surface area contributed by atoms with Crippen LogP contribution < -0.4 is 4.90 Å². The van der Waals surface area contributed by atoms with Gasteiger partial charge in [0.1, 0.15) is 0 Å². The Balaban J connectivity index is 2.20. The molecule has 1 N–H and O–H groups in total.